The number of pyridine rings is 2. The molecule has 1 fully saturated rings. The molecular formula is C25H23F5N8O2. The van der Waals surface area contributed by atoms with Crippen LogP contribution in [-0.2, 0) is 6.18 Å². The van der Waals surface area contributed by atoms with Crippen molar-refractivity contribution in [2.24, 2.45) is 0 Å². The van der Waals surface area contributed by atoms with Crippen molar-refractivity contribution in [1.29, 1.82) is 0 Å². The molecule has 3 atom stereocenters. The highest BCUT2D eigenvalue weighted by Crippen LogP contribution is 2.39. The molecule has 4 aromatic rings. The van der Waals surface area contributed by atoms with E-state index in [0.29, 0.717) is 5.56 Å². The second-order valence-electron chi connectivity index (χ2n) is 9.25. The molecule has 0 spiro atoms. The summed E-state index contributed by atoms with van der Waals surface area (Å²) in [5, 5.41) is 6.51. The number of nitrogens with two attached hydrogens (primary N) is 1. The molecule has 1 amide bonds. The molecule has 1 saturated heterocycles. The number of halogens is 5. The van der Waals surface area contributed by atoms with Gasteiger partial charge in [-0.2, -0.15) is 18.3 Å². The van der Waals surface area contributed by atoms with Gasteiger partial charge < -0.3 is 15.8 Å². The number of methoxy groups -OCH3 is 1. The topological polar surface area (TPSA) is 124 Å². The Morgan fingerprint density at radius 1 is 1.23 bits per heavy atom. The van der Waals surface area contributed by atoms with Crippen molar-refractivity contribution in [3.63, 3.8) is 0 Å². The highest BCUT2D eigenvalue weighted by molar-refractivity contribution is 5.98. The van der Waals surface area contributed by atoms with Gasteiger partial charge in [0.25, 0.3) is 5.91 Å². The van der Waals surface area contributed by atoms with Crippen molar-refractivity contribution >= 4 is 17.2 Å². The van der Waals surface area contributed by atoms with Gasteiger partial charge in [0.1, 0.15) is 29.4 Å². The lowest BCUT2D eigenvalue weighted by molar-refractivity contribution is -0.136. The first-order valence-electron chi connectivity index (χ1n) is 12.0. The number of nitrogens with one attached hydrogen (secondary N) is 1. The average molecular weight is 563 g/mol. The fraction of sp³-hybridized carbons (Fsp3) is 0.320. The minimum Gasteiger partial charge on any atom is -0.480 e. The molecule has 0 bridgehead atoms. The Labute approximate surface area is 224 Å². The Morgan fingerprint density at radius 3 is 2.70 bits per heavy atom. The number of aromatic nitrogens is 5. The smallest absolute Gasteiger partial charge is 0.418 e. The molecule has 1 aliphatic rings. The minimum absolute atomic E-state index is 0.0516. The second-order valence-corrected chi connectivity index (χ2v) is 9.25. The SMILES string of the molecule is COc1ncc(-c2cc(C(F)(F)F)c3c(N)ncnn23)cc1C(=O)N[C@@H]1CN(C(C)c2ccncc2F)C[C@@H]1F. The maximum absolute atomic E-state index is 15.0. The molecule has 4 aromatic heterocycles. The first-order valence-corrected chi connectivity index (χ1v) is 12.0. The van der Waals surface area contributed by atoms with E-state index in [1.54, 1.807) is 11.8 Å². The molecule has 0 aromatic carbocycles. The van der Waals surface area contributed by atoms with Gasteiger partial charge >= 0.3 is 6.18 Å². The number of carbonyl (C=O) groups is 1. The third-order valence-corrected chi connectivity index (χ3v) is 6.87. The lowest BCUT2D eigenvalue weighted by Gasteiger charge is -2.24. The fourth-order valence-electron chi connectivity index (χ4n) is 4.82. The van der Waals surface area contributed by atoms with E-state index in [-0.39, 0.29) is 41.6 Å². The summed E-state index contributed by atoms with van der Waals surface area (Å²) in [4.78, 5) is 26.4. The summed E-state index contributed by atoms with van der Waals surface area (Å²) in [5.41, 5.74) is 4.46. The van der Waals surface area contributed by atoms with Gasteiger partial charge in [0.05, 0.1) is 30.6 Å². The molecule has 0 aliphatic carbocycles. The van der Waals surface area contributed by atoms with Gasteiger partial charge in [0.15, 0.2) is 5.82 Å². The molecule has 1 aliphatic heterocycles. The summed E-state index contributed by atoms with van der Waals surface area (Å²) in [7, 11) is 1.27. The highest BCUT2D eigenvalue weighted by Gasteiger charge is 2.38. The molecule has 3 N–H and O–H groups in total. The number of fused-ring (bicyclic) bond motifs is 1. The lowest BCUT2D eigenvalue weighted by atomic mass is 10.1. The van der Waals surface area contributed by atoms with Crippen molar-refractivity contribution < 1.29 is 31.5 Å². The molecule has 1 unspecified atom stereocenters. The van der Waals surface area contributed by atoms with Gasteiger partial charge in [-0.1, -0.05) is 0 Å². The van der Waals surface area contributed by atoms with Gasteiger partial charge in [-0.25, -0.2) is 23.3 Å². The van der Waals surface area contributed by atoms with Crippen LogP contribution in [0.25, 0.3) is 16.8 Å². The van der Waals surface area contributed by atoms with E-state index < -0.39 is 47.2 Å². The van der Waals surface area contributed by atoms with Crippen LogP contribution in [0.1, 0.15) is 34.5 Å². The van der Waals surface area contributed by atoms with Crippen LogP contribution in [0.2, 0.25) is 0 Å². The average Bonchev–Trinajstić information content (AvgIpc) is 3.50. The van der Waals surface area contributed by atoms with Gasteiger partial charge in [0.2, 0.25) is 5.88 Å². The number of alkyl halides is 4. The first kappa shape index (κ1) is 27.2. The predicted molar refractivity (Wildman–Crippen MR) is 133 cm³/mol. The number of nitrogens with zero attached hydrogens (tertiary/aromatic N) is 6. The standard InChI is InChI=1S/C25H23F5N8O2/c1-12(14-3-4-32-8-17(14)26)37-9-18(27)19(10-37)36-23(39)15-5-13(7-33-24(15)40-2)20-6-16(25(28,29)30)21-22(31)34-11-35-38(20)21/h3-8,11-12,18-19H,9-10H2,1-2H3,(H,36,39)(H2,31,34,35)/t12?,18-,19+/m0/s1. The van der Waals surface area contributed by atoms with Crippen LogP contribution in [0.4, 0.5) is 27.8 Å². The minimum atomic E-state index is -4.76. The van der Waals surface area contributed by atoms with Crippen molar-refractivity contribution in [2.45, 2.75) is 31.4 Å². The molecule has 5 rings (SSSR count). The van der Waals surface area contributed by atoms with Gasteiger partial charge in [-0.05, 0) is 25.1 Å². The van der Waals surface area contributed by atoms with Gasteiger partial charge in [0, 0.05) is 42.7 Å². The van der Waals surface area contributed by atoms with Crippen LogP contribution in [-0.4, -0.2) is 67.8 Å². The quantitative estimate of drug-likeness (QED) is 0.343. The van der Waals surface area contributed by atoms with Crippen molar-refractivity contribution in [1.82, 2.24) is 34.8 Å². The number of hydrogen-bond donors (Lipinski definition) is 2. The number of nitrogen functional groups attached to an aromatic ring is 1. The Bertz CT molecular complexity index is 1580. The van der Waals surface area contributed by atoms with E-state index in [1.165, 1.54) is 31.6 Å². The number of carbonyl (C=O) groups excluding carboxylic acids is 1. The zero-order valence-electron chi connectivity index (χ0n) is 21.2. The second kappa shape index (κ2) is 10.3. The van der Waals surface area contributed by atoms with E-state index in [0.717, 1.165) is 23.1 Å². The van der Waals surface area contributed by atoms with Crippen LogP contribution in [0, 0.1) is 5.82 Å². The van der Waals surface area contributed by atoms with Crippen LogP contribution < -0.4 is 15.8 Å². The number of rotatable bonds is 6. The van der Waals surface area contributed by atoms with Crippen molar-refractivity contribution in [2.75, 3.05) is 25.9 Å². The third-order valence-electron chi connectivity index (χ3n) is 6.87. The number of likely N-dealkylation sites (tertiary alicyclic amines) is 1. The van der Waals surface area contributed by atoms with E-state index >= 15 is 0 Å². The van der Waals surface area contributed by atoms with E-state index in [4.69, 9.17) is 10.5 Å². The molecule has 0 saturated carbocycles. The van der Waals surface area contributed by atoms with E-state index in [9.17, 15) is 26.7 Å². The Kier molecular flexibility index (Phi) is 6.99. The summed E-state index contributed by atoms with van der Waals surface area (Å²) in [6.07, 6.45) is -1.49. The molecule has 0 radical (unpaired) electrons. The fourth-order valence-corrected chi connectivity index (χ4v) is 4.82. The number of anilines is 1. The highest BCUT2D eigenvalue weighted by atomic mass is 19.4. The number of amides is 1. The van der Waals surface area contributed by atoms with Crippen LogP contribution in [0.5, 0.6) is 5.88 Å². The summed E-state index contributed by atoms with van der Waals surface area (Å²) in [6, 6.07) is 2.18. The van der Waals surface area contributed by atoms with Gasteiger partial charge in [-0.15, -0.1) is 0 Å². The Hall–Kier alpha value is -4.40. The van der Waals surface area contributed by atoms with Crippen LogP contribution in [0.15, 0.2) is 43.1 Å². The normalized spacial score (nSPS) is 18.7. The maximum Gasteiger partial charge on any atom is 0.418 e. The Balaban J connectivity index is 1.44. The zero-order chi connectivity index (χ0) is 28.8. The van der Waals surface area contributed by atoms with Crippen LogP contribution >= 0.6 is 0 Å². The molecule has 10 nitrogen and oxygen atoms in total. The Morgan fingerprint density at radius 2 is 2.00 bits per heavy atom. The van der Waals surface area contributed by atoms with Crippen LogP contribution in [0.3, 0.4) is 0 Å². The molecule has 210 valence electrons. The van der Waals surface area contributed by atoms with Crippen molar-refractivity contribution in [3.05, 3.63) is 65.6 Å². The molecular weight excluding hydrogens is 539 g/mol. The molecule has 5 heterocycles. The lowest BCUT2D eigenvalue weighted by Crippen LogP contribution is -2.41. The van der Waals surface area contributed by atoms with Gasteiger partial charge in [-0.3, -0.25) is 14.7 Å². The van der Waals surface area contributed by atoms with E-state index in [1.807, 2.05) is 0 Å². The summed E-state index contributed by atoms with van der Waals surface area (Å²) >= 11 is 0. The largest absolute Gasteiger partial charge is 0.480 e. The zero-order valence-corrected chi connectivity index (χ0v) is 21.2. The number of hydrogen-bond acceptors (Lipinski definition) is 8. The maximum atomic E-state index is 15.0. The summed E-state index contributed by atoms with van der Waals surface area (Å²) in [5.74, 6) is -1.78. The van der Waals surface area contributed by atoms with E-state index in [2.05, 4.69) is 25.4 Å². The number of ether oxygens (including phenoxy) is 1. The van der Waals surface area contributed by atoms with Crippen molar-refractivity contribution in [3.8, 4) is 17.1 Å². The monoisotopic (exact) mass is 562 g/mol. The summed E-state index contributed by atoms with van der Waals surface area (Å²) in [6.45, 7) is 1.75. The molecule has 40 heavy (non-hydrogen) atoms. The predicted octanol–water partition coefficient (Wildman–Crippen LogP) is 3.45. The first-order chi connectivity index (χ1) is 19.0. The third kappa shape index (κ3) is 4.87. The summed E-state index contributed by atoms with van der Waals surface area (Å²) < 4.78 is 76.6. The molecule has 15 heteroatoms.